The number of nitrogens with zero attached hydrogens (tertiary/aromatic N) is 1. The number of hydrogen-bond donors (Lipinski definition) is 1. The van der Waals surface area contributed by atoms with Gasteiger partial charge in [0.2, 0.25) is 5.91 Å². The number of rotatable bonds is 7. The number of ether oxygens (including phenoxy) is 1. The lowest BCUT2D eigenvalue weighted by molar-refractivity contribution is -0.116. The molecule has 0 aromatic heterocycles. The Morgan fingerprint density at radius 2 is 1.90 bits per heavy atom. The largest absolute Gasteiger partial charge is 0.495 e. The van der Waals surface area contributed by atoms with Crippen LogP contribution in [0.25, 0.3) is 0 Å². The molecule has 1 aliphatic heterocycles. The predicted octanol–water partition coefficient (Wildman–Crippen LogP) is 4.82. The molecule has 0 aliphatic carbocycles. The molecule has 7 heteroatoms. The first-order chi connectivity index (χ1) is 14.9. The average Bonchev–Trinajstić information content (AvgIpc) is 2.77. The van der Waals surface area contributed by atoms with Gasteiger partial charge in [-0.1, -0.05) is 29.8 Å². The van der Waals surface area contributed by atoms with E-state index in [2.05, 4.69) is 5.32 Å². The Kier molecular flexibility index (Phi) is 7.69. The van der Waals surface area contributed by atoms with E-state index in [1.807, 2.05) is 0 Å². The summed E-state index contributed by atoms with van der Waals surface area (Å²) in [6.45, 7) is 2.73. The fourth-order valence-corrected chi connectivity index (χ4v) is 4.19. The van der Waals surface area contributed by atoms with Gasteiger partial charge in [0.05, 0.1) is 17.7 Å². The highest BCUT2D eigenvalue weighted by atomic mass is 35.5. The van der Waals surface area contributed by atoms with Crippen LogP contribution in [0.2, 0.25) is 5.02 Å². The zero-order valence-corrected chi connectivity index (χ0v) is 18.6. The molecule has 0 saturated carbocycles. The minimum absolute atomic E-state index is 0.0911. The number of methoxy groups -OCH3 is 1. The van der Waals surface area contributed by atoms with Crippen LogP contribution in [0.4, 0.5) is 5.69 Å². The van der Waals surface area contributed by atoms with Crippen LogP contribution in [0.15, 0.2) is 42.5 Å². The second kappa shape index (κ2) is 10.4. The van der Waals surface area contributed by atoms with Gasteiger partial charge in [-0.05, 0) is 56.4 Å². The number of carbonyl (C=O) groups excluding carboxylic acids is 3. The lowest BCUT2D eigenvalue weighted by Crippen LogP contribution is -2.40. The van der Waals surface area contributed by atoms with Crippen molar-refractivity contribution in [2.45, 2.75) is 32.6 Å². The number of anilines is 1. The first-order valence-corrected chi connectivity index (χ1v) is 10.8. The number of amides is 2. The van der Waals surface area contributed by atoms with Crippen molar-refractivity contribution in [1.82, 2.24) is 4.90 Å². The summed E-state index contributed by atoms with van der Waals surface area (Å²) in [5.74, 6) is 0.470. The van der Waals surface area contributed by atoms with Crippen LogP contribution in [-0.2, 0) is 4.79 Å². The summed E-state index contributed by atoms with van der Waals surface area (Å²) in [5.41, 5.74) is 1.52. The number of carbonyl (C=O) groups is 3. The maximum atomic E-state index is 13.0. The smallest absolute Gasteiger partial charge is 0.254 e. The molecule has 31 heavy (non-hydrogen) atoms. The summed E-state index contributed by atoms with van der Waals surface area (Å²) >= 11 is 6.10. The van der Waals surface area contributed by atoms with Gasteiger partial charge in [0.15, 0.2) is 5.78 Å². The standard InChI is InChI=1S/C24H27ClN2O4/c1-16(28)19-7-3-4-8-20(19)24(30)27-13-5-6-17(15-27)9-12-23(29)26-18-10-11-22(31-2)21(25)14-18/h3-4,7-8,10-11,14,17H,5-6,9,12-13,15H2,1-2H3,(H,26,29)/t17-/m0/s1. The molecule has 2 aromatic rings. The third kappa shape index (κ3) is 5.85. The fourth-order valence-electron chi connectivity index (χ4n) is 3.93. The van der Waals surface area contributed by atoms with Gasteiger partial charge in [0, 0.05) is 30.8 Å². The second-order valence-electron chi connectivity index (χ2n) is 7.80. The highest BCUT2D eigenvalue weighted by molar-refractivity contribution is 6.32. The predicted molar refractivity (Wildman–Crippen MR) is 121 cm³/mol. The van der Waals surface area contributed by atoms with E-state index in [1.54, 1.807) is 47.4 Å². The summed E-state index contributed by atoms with van der Waals surface area (Å²) < 4.78 is 5.12. The van der Waals surface area contributed by atoms with Crippen molar-refractivity contribution in [3.8, 4) is 5.75 Å². The maximum absolute atomic E-state index is 13.0. The van der Waals surface area contributed by atoms with Crippen molar-refractivity contribution in [1.29, 1.82) is 0 Å². The van der Waals surface area contributed by atoms with Gasteiger partial charge in [-0.25, -0.2) is 0 Å². The molecule has 0 spiro atoms. The molecule has 2 amide bonds. The van der Waals surface area contributed by atoms with Crippen LogP contribution in [0.1, 0.15) is 53.3 Å². The molecule has 1 N–H and O–H groups in total. The lowest BCUT2D eigenvalue weighted by atomic mass is 9.92. The van der Waals surface area contributed by atoms with Crippen molar-refractivity contribution in [2.75, 3.05) is 25.5 Å². The first-order valence-electron chi connectivity index (χ1n) is 10.4. The molecule has 0 unspecified atom stereocenters. The molecule has 0 radical (unpaired) electrons. The average molecular weight is 443 g/mol. The molecule has 6 nitrogen and oxygen atoms in total. The number of hydrogen-bond acceptors (Lipinski definition) is 4. The molecular weight excluding hydrogens is 416 g/mol. The van der Waals surface area contributed by atoms with Crippen LogP contribution in [0.5, 0.6) is 5.75 Å². The normalized spacial score (nSPS) is 16.0. The number of ketones is 1. The van der Waals surface area contributed by atoms with E-state index in [9.17, 15) is 14.4 Å². The number of halogens is 1. The highest BCUT2D eigenvalue weighted by Gasteiger charge is 2.26. The molecule has 1 fully saturated rings. The third-order valence-electron chi connectivity index (χ3n) is 5.56. The topological polar surface area (TPSA) is 75.7 Å². The zero-order valence-electron chi connectivity index (χ0n) is 17.8. The Balaban J connectivity index is 1.55. The van der Waals surface area contributed by atoms with E-state index in [0.29, 0.717) is 53.5 Å². The number of benzene rings is 2. The van der Waals surface area contributed by atoms with Crippen molar-refractivity contribution in [2.24, 2.45) is 5.92 Å². The van der Waals surface area contributed by atoms with E-state index in [1.165, 1.54) is 14.0 Å². The molecule has 3 rings (SSSR count). The van der Waals surface area contributed by atoms with Gasteiger partial charge in [-0.15, -0.1) is 0 Å². The summed E-state index contributed by atoms with van der Waals surface area (Å²) in [7, 11) is 1.54. The summed E-state index contributed by atoms with van der Waals surface area (Å²) in [4.78, 5) is 39.1. The summed E-state index contributed by atoms with van der Waals surface area (Å²) in [6.07, 6.45) is 2.91. The number of nitrogens with one attached hydrogen (secondary N) is 1. The second-order valence-corrected chi connectivity index (χ2v) is 8.20. The Bertz CT molecular complexity index is 976. The molecule has 0 bridgehead atoms. The van der Waals surface area contributed by atoms with Gasteiger partial charge in [0.25, 0.3) is 5.91 Å². The first kappa shape index (κ1) is 22.8. The van der Waals surface area contributed by atoms with E-state index >= 15 is 0 Å². The van der Waals surface area contributed by atoms with Crippen molar-refractivity contribution < 1.29 is 19.1 Å². The van der Waals surface area contributed by atoms with Crippen LogP contribution in [-0.4, -0.2) is 42.7 Å². The zero-order chi connectivity index (χ0) is 22.4. The Hall–Kier alpha value is -2.86. The molecule has 164 valence electrons. The maximum Gasteiger partial charge on any atom is 0.254 e. The van der Waals surface area contributed by atoms with Crippen LogP contribution in [0.3, 0.4) is 0 Å². The van der Waals surface area contributed by atoms with Crippen LogP contribution >= 0.6 is 11.6 Å². The van der Waals surface area contributed by atoms with Gasteiger partial charge < -0.3 is 15.0 Å². The minimum atomic E-state index is -0.118. The quantitative estimate of drug-likeness (QED) is 0.623. The number of likely N-dealkylation sites (tertiary alicyclic amines) is 1. The Morgan fingerprint density at radius 1 is 1.16 bits per heavy atom. The fraction of sp³-hybridized carbons (Fsp3) is 0.375. The van der Waals surface area contributed by atoms with Gasteiger partial charge in [-0.2, -0.15) is 0 Å². The molecular formula is C24H27ClN2O4. The molecule has 1 saturated heterocycles. The molecule has 1 heterocycles. The van der Waals surface area contributed by atoms with Gasteiger partial charge >= 0.3 is 0 Å². The van der Waals surface area contributed by atoms with Crippen LogP contribution in [0, 0.1) is 5.92 Å². The molecule has 2 aromatic carbocycles. The van der Waals surface area contributed by atoms with E-state index in [0.717, 1.165) is 12.8 Å². The van der Waals surface area contributed by atoms with Crippen molar-refractivity contribution in [3.63, 3.8) is 0 Å². The van der Waals surface area contributed by atoms with Crippen molar-refractivity contribution >= 4 is 34.9 Å². The van der Waals surface area contributed by atoms with Crippen LogP contribution < -0.4 is 10.1 Å². The SMILES string of the molecule is COc1ccc(NC(=O)CC[C@@H]2CCCN(C(=O)c3ccccc3C(C)=O)C2)cc1Cl. The van der Waals surface area contributed by atoms with Crippen molar-refractivity contribution in [3.05, 3.63) is 58.6 Å². The van der Waals surface area contributed by atoms with E-state index in [-0.39, 0.29) is 23.5 Å². The van der Waals surface area contributed by atoms with Gasteiger partial charge in [-0.3, -0.25) is 14.4 Å². The Labute approximate surface area is 187 Å². The molecule has 1 aliphatic rings. The summed E-state index contributed by atoms with van der Waals surface area (Å²) in [6, 6.07) is 12.0. The number of piperidine rings is 1. The van der Waals surface area contributed by atoms with E-state index in [4.69, 9.17) is 16.3 Å². The van der Waals surface area contributed by atoms with Gasteiger partial charge in [0.1, 0.15) is 5.75 Å². The molecule has 1 atom stereocenters. The monoisotopic (exact) mass is 442 g/mol. The van der Waals surface area contributed by atoms with E-state index < -0.39 is 0 Å². The summed E-state index contributed by atoms with van der Waals surface area (Å²) in [5, 5.41) is 3.29. The highest BCUT2D eigenvalue weighted by Crippen LogP contribution is 2.28. The minimum Gasteiger partial charge on any atom is -0.495 e. The lowest BCUT2D eigenvalue weighted by Gasteiger charge is -2.33. The Morgan fingerprint density at radius 3 is 2.58 bits per heavy atom. The number of Topliss-reactive ketones (excluding diaryl/α,β-unsaturated/α-hetero) is 1. The third-order valence-corrected chi connectivity index (χ3v) is 5.85.